The van der Waals surface area contributed by atoms with Crippen molar-refractivity contribution in [2.24, 2.45) is 5.90 Å². The lowest BCUT2D eigenvalue weighted by atomic mass is 9.99. The van der Waals surface area contributed by atoms with Crippen LogP contribution in [-0.2, 0) is 22.6 Å². The summed E-state index contributed by atoms with van der Waals surface area (Å²) in [6.07, 6.45) is 10.8. The van der Waals surface area contributed by atoms with Crippen molar-refractivity contribution in [3.05, 3.63) is 60.2 Å². The van der Waals surface area contributed by atoms with Gasteiger partial charge in [-0.25, -0.2) is 15.7 Å². The van der Waals surface area contributed by atoms with E-state index in [1.54, 1.807) is 12.5 Å². The number of aromatic nitrogens is 2. The lowest BCUT2D eigenvalue weighted by Gasteiger charge is -2.12. The number of aryl methyl sites for hydroxylation is 1. The summed E-state index contributed by atoms with van der Waals surface area (Å²) < 4.78 is 2.00. The molecule has 1 atom stereocenters. The van der Waals surface area contributed by atoms with Gasteiger partial charge in [0, 0.05) is 18.9 Å². The maximum atomic E-state index is 11.0. The molecular weight excluding hydrogens is 330 g/mol. The summed E-state index contributed by atoms with van der Waals surface area (Å²) in [7, 11) is 0. The molecule has 1 aromatic heterocycles. The van der Waals surface area contributed by atoms with Crippen molar-refractivity contribution < 1.29 is 14.7 Å². The Kier molecular flexibility index (Phi) is 8.05. The fourth-order valence-electron chi connectivity index (χ4n) is 2.82. The number of allylic oxidation sites excluding steroid dienone is 2. The van der Waals surface area contributed by atoms with Crippen LogP contribution in [0.15, 0.2) is 49.1 Å². The van der Waals surface area contributed by atoms with Crippen molar-refractivity contribution >= 4 is 11.5 Å². The Labute approximate surface area is 154 Å². The summed E-state index contributed by atoms with van der Waals surface area (Å²) in [5.74, 6) is 4.02. The van der Waals surface area contributed by atoms with Crippen LogP contribution in [-0.4, -0.2) is 26.7 Å². The van der Waals surface area contributed by atoms with Gasteiger partial charge in [-0.2, -0.15) is 0 Å². The van der Waals surface area contributed by atoms with Crippen LogP contribution in [0.1, 0.15) is 43.7 Å². The molecule has 2 aromatic rings. The minimum atomic E-state index is -1.04. The molecular formula is C20H27N3O3. The van der Waals surface area contributed by atoms with Crippen molar-refractivity contribution in [1.29, 1.82) is 0 Å². The molecule has 0 saturated heterocycles. The number of hydrogen-bond donors (Lipinski definition) is 2. The average molecular weight is 357 g/mol. The first-order valence-electron chi connectivity index (χ1n) is 8.96. The van der Waals surface area contributed by atoms with E-state index < -0.39 is 12.1 Å². The summed E-state index contributed by atoms with van der Waals surface area (Å²) in [6, 6.07) is 8.53. The maximum Gasteiger partial charge on any atom is 0.334 e. The molecule has 6 heteroatoms. The molecule has 0 amide bonds. The monoisotopic (exact) mass is 357 g/mol. The van der Waals surface area contributed by atoms with Gasteiger partial charge >= 0.3 is 5.97 Å². The standard InChI is InChI=1S/C20H27N3O3/c1-2-3-6-16-7-4-8-17(13-16)18(14-23-12-11-22-15-23)9-5-10-19(26-21)20(24)25/h4,7-9,11-13,15,19H,2-3,5-6,10,14,21H2,1H3,(H,24,25)/b18-9-. The molecule has 0 saturated carbocycles. The highest BCUT2D eigenvalue weighted by Crippen LogP contribution is 2.21. The highest BCUT2D eigenvalue weighted by molar-refractivity contribution is 5.72. The predicted octanol–water partition coefficient (Wildman–Crippen LogP) is 3.43. The Morgan fingerprint density at radius 2 is 2.31 bits per heavy atom. The summed E-state index contributed by atoms with van der Waals surface area (Å²) >= 11 is 0. The molecule has 0 aliphatic heterocycles. The van der Waals surface area contributed by atoms with Gasteiger partial charge in [0.05, 0.1) is 6.33 Å². The third-order valence-electron chi connectivity index (χ3n) is 4.29. The molecule has 1 unspecified atom stereocenters. The van der Waals surface area contributed by atoms with Crippen LogP contribution in [0.2, 0.25) is 0 Å². The second-order valence-corrected chi connectivity index (χ2v) is 6.31. The molecule has 3 N–H and O–H groups in total. The highest BCUT2D eigenvalue weighted by Gasteiger charge is 2.16. The molecule has 26 heavy (non-hydrogen) atoms. The number of unbranched alkanes of at least 4 members (excludes halogenated alkanes) is 1. The van der Waals surface area contributed by atoms with E-state index in [1.807, 2.05) is 10.8 Å². The van der Waals surface area contributed by atoms with E-state index in [0.717, 1.165) is 30.4 Å². The number of carboxylic acid groups (broad SMARTS) is 1. The van der Waals surface area contributed by atoms with Gasteiger partial charge in [0.15, 0.2) is 6.10 Å². The second kappa shape index (κ2) is 10.5. The van der Waals surface area contributed by atoms with E-state index in [2.05, 4.69) is 47.1 Å². The van der Waals surface area contributed by atoms with Gasteiger partial charge in [0.2, 0.25) is 0 Å². The minimum Gasteiger partial charge on any atom is -0.479 e. The zero-order chi connectivity index (χ0) is 18.8. The first kappa shape index (κ1) is 19.9. The zero-order valence-electron chi connectivity index (χ0n) is 15.2. The lowest BCUT2D eigenvalue weighted by molar-refractivity contribution is -0.151. The van der Waals surface area contributed by atoms with E-state index in [-0.39, 0.29) is 0 Å². The van der Waals surface area contributed by atoms with Crippen LogP contribution in [0, 0.1) is 0 Å². The minimum absolute atomic E-state index is 0.328. The molecule has 1 aromatic carbocycles. The number of benzene rings is 1. The van der Waals surface area contributed by atoms with Gasteiger partial charge in [0.1, 0.15) is 0 Å². The van der Waals surface area contributed by atoms with E-state index >= 15 is 0 Å². The Balaban J connectivity index is 2.17. The largest absolute Gasteiger partial charge is 0.479 e. The quantitative estimate of drug-likeness (QED) is 0.601. The van der Waals surface area contributed by atoms with Gasteiger partial charge < -0.3 is 9.67 Å². The number of rotatable bonds is 11. The van der Waals surface area contributed by atoms with Gasteiger partial charge in [0.25, 0.3) is 0 Å². The Morgan fingerprint density at radius 3 is 2.96 bits per heavy atom. The fraction of sp³-hybridized carbons (Fsp3) is 0.400. The Bertz CT molecular complexity index is 711. The smallest absolute Gasteiger partial charge is 0.334 e. The molecule has 0 aliphatic rings. The molecule has 0 aliphatic carbocycles. The van der Waals surface area contributed by atoms with Crippen LogP contribution in [0.3, 0.4) is 0 Å². The first-order valence-corrected chi connectivity index (χ1v) is 8.96. The molecule has 0 fully saturated rings. The number of nitrogens with zero attached hydrogens (tertiary/aromatic N) is 2. The number of hydrogen-bond acceptors (Lipinski definition) is 4. The van der Waals surface area contributed by atoms with Gasteiger partial charge in [-0.3, -0.25) is 4.84 Å². The first-order chi connectivity index (χ1) is 12.6. The average Bonchev–Trinajstić information content (AvgIpc) is 3.15. The Hall–Kier alpha value is -2.44. The topological polar surface area (TPSA) is 90.4 Å². The lowest BCUT2D eigenvalue weighted by Crippen LogP contribution is -2.26. The normalized spacial score (nSPS) is 12.9. The summed E-state index contributed by atoms with van der Waals surface area (Å²) in [5, 5.41) is 9.04. The molecule has 2 rings (SSSR count). The number of carboxylic acids is 1. The molecule has 0 spiro atoms. The van der Waals surface area contributed by atoms with E-state index in [0.29, 0.717) is 19.4 Å². The number of carbonyl (C=O) groups is 1. The van der Waals surface area contributed by atoms with Crippen LogP contribution < -0.4 is 5.90 Å². The van der Waals surface area contributed by atoms with Crippen molar-refractivity contribution in [2.45, 2.75) is 51.7 Å². The molecule has 0 radical (unpaired) electrons. The van der Waals surface area contributed by atoms with E-state index in [4.69, 9.17) is 11.0 Å². The molecule has 0 bridgehead atoms. The summed E-state index contributed by atoms with van der Waals surface area (Å²) in [5.41, 5.74) is 3.59. The van der Waals surface area contributed by atoms with Crippen molar-refractivity contribution in [3.8, 4) is 0 Å². The second-order valence-electron chi connectivity index (χ2n) is 6.31. The number of imidazole rings is 1. The fourth-order valence-corrected chi connectivity index (χ4v) is 2.82. The van der Waals surface area contributed by atoms with E-state index in [1.165, 1.54) is 5.56 Å². The zero-order valence-corrected chi connectivity index (χ0v) is 15.2. The highest BCUT2D eigenvalue weighted by atomic mass is 16.6. The number of aliphatic carboxylic acids is 1. The van der Waals surface area contributed by atoms with Crippen LogP contribution >= 0.6 is 0 Å². The van der Waals surface area contributed by atoms with Crippen LogP contribution in [0.4, 0.5) is 0 Å². The van der Waals surface area contributed by atoms with Gasteiger partial charge in [-0.05, 0) is 42.4 Å². The molecule has 6 nitrogen and oxygen atoms in total. The van der Waals surface area contributed by atoms with E-state index in [9.17, 15) is 4.79 Å². The van der Waals surface area contributed by atoms with Crippen molar-refractivity contribution in [1.82, 2.24) is 9.55 Å². The maximum absolute atomic E-state index is 11.0. The molecule has 140 valence electrons. The van der Waals surface area contributed by atoms with Crippen molar-refractivity contribution in [3.63, 3.8) is 0 Å². The molecule has 1 heterocycles. The third kappa shape index (κ3) is 6.13. The van der Waals surface area contributed by atoms with Gasteiger partial charge in [-0.15, -0.1) is 0 Å². The Morgan fingerprint density at radius 1 is 1.46 bits per heavy atom. The SMILES string of the molecule is CCCCc1cccc(/C(=C\CCC(ON)C(=O)O)Cn2ccnc2)c1. The van der Waals surface area contributed by atoms with Gasteiger partial charge in [-0.1, -0.05) is 43.7 Å². The van der Waals surface area contributed by atoms with Crippen LogP contribution in [0.5, 0.6) is 0 Å². The van der Waals surface area contributed by atoms with Crippen LogP contribution in [0.25, 0.3) is 5.57 Å². The number of nitrogens with two attached hydrogens (primary N) is 1. The summed E-state index contributed by atoms with van der Waals surface area (Å²) in [4.78, 5) is 19.7. The third-order valence-corrected chi connectivity index (χ3v) is 4.29. The predicted molar refractivity (Wildman–Crippen MR) is 101 cm³/mol. The summed E-state index contributed by atoms with van der Waals surface area (Å²) in [6.45, 7) is 2.87. The van der Waals surface area contributed by atoms with Crippen molar-refractivity contribution in [2.75, 3.05) is 0 Å².